The second-order valence-electron chi connectivity index (χ2n) is 2.43. The summed E-state index contributed by atoms with van der Waals surface area (Å²) in [6.07, 6.45) is 0. The van der Waals surface area contributed by atoms with Crippen molar-refractivity contribution in [2.45, 2.75) is 6.92 Å². The topological polar surface area (TPSA) is 40.1 Å². The fraction of sp³-hybridized carbons (Fsp3) is 0.125. The number of rotatable bonds is 0. The van der Waals surface area contributed by atoms with Crippen molar-refractivity contribution in [3.63, 3.8) is 0 Å². The lowest BCUT2D eigenvalue weighted by atomic mass is 10.2. The molecule has 1 aromatic heterocycles. The SMILES string of the molecule is Cc1c2ccccc2o[n+]1[O-]. The maximum Gasteiger partial charge on any atom is 0.250 e. The Bertz CT molecular complexity index is 392. The van der Waals surface area contributed by atoms with E-state index >= 15 is 0 Å². The molecule has 0 spiro atoms. The van der Waals surface area contributed by atoms with Gasteiger partial charge in [-0.3, -0.25) is 5.21 Å². The minimum Gasteiger partial charge on any atom is -0.366 e. The minimum atomic E-state index is 0.532. The Morgan fingerprint density at radius 3 is 2.82 bits per heavy atom. The molecule has 0 saturated carbocycles. The summed E-state index contributed by atoms with van der Waals surface area (Å²) in [6, 6.07) is 7.36. The number of aromatic nitrogens is 1. The van der Waals surface area contributed by atoms with Crippen LogP contribution in [0.25, 0.3) is 11.0 Å². The molecule has 0 radical (unpaired) electrons. The van der Waals surface area contributed by atoms with Crippen molar-refractivity contribution in [3.8, 4) is 0 Å². The zero-order valence-corrected chi connectivity index (χ0v) is 6.07. The van der Waals surface area contributed by atoms with Gasteiger partial charge < -0.3 is 4.52 Å². The van der Waals surface area contributed by atoms with E-state index in [1.807, 2.05) is 18.2 Å². The monoisotopic (exact) mass is 149 g/mol. The number of fused-ring (bicyclic) bond motifs is 1. The van der Waals surface area contributed by atoms with Crippen molar-refractivity contribution in [2.24, 2.45) is 0 Å². The molecule has 3 heteroatoms. The molecule has 0 saturated heterocycles. The van der Waals surface area contributed by atoms with Crippen LogP contribution in [0.3, 0.4) is 0 Å². The van der Waals surface area contributed by atoms with E-state index in [1.54, 1.807) is 13.0 Å². The highest BCUT2D eigenvalue weighted by Gasteiger charge is 2.08. The Morgan fingerprint density at radius 1 is 1.36 bits per heavy atom. The number of para-hydroxylation sites is 1. The predicted molar refractivity (Wildman–Crippen MR) is 39.9 cm³/mol. The second kappa shape index (κ2) is 1.99. The minimum absolute atomic E-state index is 0.532. The van der Waals surface area contributed by atoms with Crippen LogP contribution in [0.1, 0.15) is 5.69 Å². The Morgan fingerprint density at radius 2 is 2.09 bits per heavy atom. The van der Waals surface area contributed by atoms with E-state index in [4.69, 9.17) is 4.52 Å². The van der Waals surface area contributed by atoms with Crippen LogP contribution in [0.4, 0.5) is 0 Å². The molecule has 56 valence electrons. The third-order valence-corrected chi connectivity index (χ3v) is 1.73. The molecule has 3 nitrogen and oxygen atoms in total. The lowest BCUT2D eigenvalue weighted by Crippen LogP contribution is -2.25. The van der Waals surface area contributed by atoms with Gasteiger partial charge >= 0.3 is 0 Å². The average Bonchev–Trinajstić information content (AvgIpc) is 2.30. The van der Waals surface area contributed by atoms with Crippen LogP contribution in [0.5, 0.6) is 0 Å². The first-order chi connectivity index (χ1) is 5.29. The molecule has 0 unspecified atom stereocenters. The van der Waals surface area contributed by atoms with Crippen LogP contribution < -0.4 is 4.90 Å². The van der Waals surface area contributed by atoms with Gasteiger partial charge in [0.2, 0.25) is 0 Å². The van der Waals surface area contributed by atoms with Gasteiger partial charge in [0, 0.05) is 11.8 Å². The first kappa shape index (κ1) is 6.22. The molecule has 2 rings (SSSR count). The van der Waals surface area contributed by atoms with Crippen molar-refractivity contribution in [2.75, 3.05) is 0 Å². The summed E-state index contributed by atoms with van der Waals surface area (Å²) < 4.78 is 4.86. The second-order valence-corrected chi connectivity index (χ2v) is 2.43. The van der Waals surface area contributed by atoms with Gasteiger partial charge in [0.05, 0.1) is 11.0 Å². The van der Waals surface area contributed by atoms with Gasteiger partial charge in [-0.15, -0.1) is 0 Å². The van der Waals surface area contributed by atoms with Crippen LogP contribution in [-0.2, 0) is 0 Å². The lowest BCUT2D eigenvalue weighted by Gasteiger charge is -1.82. The quantitative estimate of drug-likeness (QED) is 0.531. The molecular weight excluding hydrogens is 142 g/mol. The molecule has 0 aliphatic heterocycles. The highest BCUT2D eigenvalue weighted by molar-refractivity contribution is 5.77. The average molecular weight is 149 g/mol. The maximum atomic E-state index is 10.9. The molecule has 0 bridgehead atoms. The van der Waals surface area contributed by atoms with Crippen LogP contribution in [0.2, 0.25) is 0 Å². The highest BCUT2D eigenvalue weighted by atomic mass is 16.7. The van der Waals surface area contributed by atoms with Gasteiger partial charge in [-0.05, 0) is 12.1 Å². The smallest absolute Gasteiger partial charge is 0.250 e. The van der Waals surface area contributed by atoms with Crippen molar-refractivity contribution < 1.29 is 9.43 Å². The Labute approximate surface area is 63.4 Å². The molecule has 0 fully saturated rings. The lowest BCUT2D eigenvalue weighted by molar-refractivity contribution is -0.792. The van der Waals surface area contributed by atoms with Crippen LogP contribution in [-0.4, -0.2) is 0 Å². The number of aryl methyl sites for hydroxylation is 1. The molecule has 0 aliphatic rings. The van der Waals surface area contributed by atoms with Crippen molar-refractivity contribution >= 4 is 11.0 Å². The molecule has 0 amide bonds. The standard InChI is InChI=1S/C8H7NO2/c1-6-7-4-2-3-5-8(7)11-9(6)10/h2-5H,1H3. The number of hydrogen-bond acceptors (Lipinski definition) is 2. The third kappa shape index (κ3) is 0.774. The third-order valence-electron chi connectivity index (χ3n) is 1.73. The van der Waals surface area contributed by atoms with E-state index in [2.05, 4.69) is 0 Å². The van der Waals surface area contributed by atoms with Crippen LogP contribution >= 0.6 is 0 Å². The molecule has 1 heterocycles. The van der Waals surface area contributed by atoms with Crippen molar-refractivity contribution in [1.29, 1.82) is 0 Å². The van der Waals surface area contributed by atoms with E-state index < -0.39 is 0 Å². The summed E-state index contributed by atoms with van der Waals surface area (Å²) in [7, 11) is 0. The van der Waals surface area contributed by atoms with Crippen LogP contribution in [0.15, 0.2) is 28.8 Å². The number of nitrogens with zero attached hydrogens (tertiary/aromatic N) is 1. The van der Waals surface area contributed by atoms with Crippen molar-refractivity contribution in [3.05, 3.63) is 35.2 Å². The normalized spacial score (nSPS) is 10.6. The summed E-state index contributed by atoms with van der Waals surface area (Å²) >= 11 is 0. The maximum absolute atomic E-state index is 10.9. The van der Waals surface area contributed by atoms with Gasteiger partial charge in [0.15, 0.2) is 0 Å². The fourth-order valence-corrected chi connectivity index (χ4v) is 1.10. The van der Waals surface area contributed by atoms with E-state index in [0.29, 0.717) is 16.2 Å². The van der Waals surface area contributed by atoms with Gasteiger partial charge in [-0.2, -0.15) is 0 Å². The molecule has 1 aromatic carbocycles. The van der Waals surface area contributed by atoms with Crippen LogP contribution in [0, 0.1) is 12.1 Å². The van der Waals surface area contributed by atoms with Gasteiger partial charge in [0.1, 0.15) is 0 Å². The first-order valence-electron chi connectivity index (χ1n) is 3.37. The summed E-state index contributed by atoms with van der Waals surface area (Å²) in [5.74, 6) is 0. The Kier molecular flexibility index (Phi) is 1.12. The predicted octanol–water partition coefficient (Wildman–Crippen LogP) is 1.37. The molecule has 0 aliphatic carbocycles. The van der Waals surface area contributed by atoms with Gasteiger partial charge in [0.25, 0.3) is 5.69 Å². The van der Waals surface area contributed by atoms with Crippen molar-refractivity contribution in [1.82, 2.24) is 0 Å². The van der Waals surface area contributed by atoms with Gasteiger partial charge in [-0.1, -0.05) is 12.1 Å². The molecular formula is C8H7NO2. The number of hydrogen-bond donors (Lipinski definition) is 0. The Hall–Kier alpha value is -1.51. The molecule has 0 atom stereocenters. The molecule has 2 aromatic rings. The van der Waals surface area contributed by atoms with E-state index in [0.717, 1.165) is 5.39 Å². The fourth-order valence-electron chi connectivity index (χ4n) is 1.10. The Balaban J connectivity index is 2.92. The zero-order valence-electron chi connectivity index (χ0n) is 6.07. The summed E-state index contributed by atoms with van der Waals surface area (Å²) in [5, 5.41) is 11.8. The largest absolute Gasteiger partial charge is 0.366 e. The van der Waals surface area contributed by atoms with E-state index in [1.165, 1.54) is 0 Å². The van der Waals surface area contributed by atoms with E-state index in [9.17, 15) is 5.21 Å². The molecule has 0 N–H and O–H groups in total. The summed E-state index contributed by atoms with van der Waals surface area (Å²) in [5.41, 5.74) is 1.25. The summed E-state index contributed by atoms with van der Waals surface area (Å²) in [6.45, 7) is 1.73. The number of benzene rings is 1. The summed E-state index contributed by atoms with van der Waals surface area (Å²) in [4.78, 5) is 0.532. The van der Waals surface area contributed by atoms with E-state index in [-0.39, 0.29) is 0 Å². The first-order valence-corrected chi connectivity index (χ1v) is 3.37. The zero-order chi connectivity index (χ0) is 7.84. The molecule has 11 heavy (non-hydrogen) atoms. The van der Waals surface area contributed by atoms with Gasteiger partial charge in [-0.25, -0.2) is 0 Å². The highest BCUT2D eigenvalue weighted by Crippen LogP contribution is 2.14.